The van der Waals surface area contributed by atoms with Crippen LogP contribution in [0.1, 0.15) is 16.1 Å². The van der Waals surface area contributed by atoms with E-state index in [4.69, 9.17) is 32.1 Å². The maximum absolute atomic E-state index is 12.0. The van der Waals surface area contributed by atoms with Gasteiger partial charge in [0.05, 0.1) is 40.7 Å². The molecular weight excluding hydrogens is 374 g/mol. The summed E-state index contributed by atoms with van der Waals surface area (Å²) in [6, 6.07) is 5.18. The molecule has 0 aliphatic heterocycles. The predicted octanol–water partition coefficient (Wildman–Crippen LogP) is 3.14. The van der Waals surface area contributed by atoms with Crippen molar-refractivity contribution in [3.63, 3.8) is 0 Å². The number of hydrogen-bond donors (Lipinski definition) is 1. The second kappa shape index (κ2) is 6.30. The van der Waals surface area contributed by atoms with Crippen LogP contribution in [-0.2, 0) is 4.74 Å². The number of carbonyl (C=O) groups excluding carboxylic acids is 1. The lowest BCUT2D eigenvalue weighted by Gasteiger charge is -2.13. The van der Waals surface area contributed by atoms with Crippen LogP contribution in [-0.4, -0.2) is 24.8 Å². The number of ether oxygens (including phenoxy) is 2. The van der Waals surface area contributed by atoms with Gasteiger partial charge < -0.3 is 19.8 Å². The van der Waals surface area contributed by atoms with Gasteiger partial charge in [-0.2, -0.15) is 5.26 Å². The monoisotopic (exact) mass is 383 g/mol. The fraction of sp³-hybridized carbons (Fsp3) is 0.143. The average Bonchev–Trinajstić information content (AvgIpc) is 2.83. The number of aromatic nitrogens is 1. The Morgan fingerprint density at radius 3 is 2.68 bits per heavy atom. The molecule has 0 atom stereocenters. The molecule has 0 fully saturated rings. The number of anilines is 1. The van der Waals surface area contributed by atoms with Crippen molar-refractivity contribution < 1.29 is 14.3 Å². The summed E-state index contributed by atoms with van der Waals surface area (Å²) in [5.74, 6) is -0.155. The molecule has 0 aliphatic carbocycles. The fourth-order valence-corrected chi connectivity index (χ4v) is 2.86. The van der Waals surface area contributed by atoms with E-state index in [-0.39, 0.29) is 16.9 Å². The van der Waals surface area contributed by atoms with E-state index in [0.29, 0.717) is 20.9 Å². The number of nitrogens with two attached hydrogens (primary N) is 1. The van der Waals surface area contributed by atoms with E-state index in [1.165, 1.54) is 25.0 Å². The minimum atomic E-state index is -0.669. The first kappa shape index (κ1) is 16.2. The number of benzene rings is 1. The summed E-state index contributed by atoms with van der Waals surface area (Å²) >= 11 is 9.56. The molecule has 0 saturated carbocycles. The Hall–Kier alpha value is -2.17. The number of nitrogens with zero attached hydrogens (tertiary/aromatic N) is 2. The SMILES string of the molecule is COC(=O)c1c(N)c(C#N)cn1-c1cc(OC)c(Br)cc1Cl. The van der Waals surface area contributed by atoms with E-state index in [0.717, 1.165) is 0 Å². The zero-order valence-electron chi connectivity index (χ0n) is 11.7. The second-order valence-corrected chi connectivity index (χ2v) is 5.48. The quantitative estimate of drug-likeness (QED) is 0.821. The van der Waals surface area contributed by atoms with E-state index < -0.39 is 5.97 Å². The van der Waals surface area contributed by atoms with Gasteiger partial charge in [-0.25, -0.2) is 4.79 Å². The summed E-state index contributed by atoms with van der Waals surface area (Å²) in [7, 11) is 2.73. The molecule has 114 valence electrons. The zero-order chi connectivity index (χ0) is 16.4. The number of esters is 1. The molecule has 0 saturated heterocycles. The Labute approximate surface area is 140 Å². The minimum absolute atomic E-state index is 0.0327. The first-order valence-corrected chi connectivity index (χ1v) is 7.14. The zero-order valence-corrected chi connectivity index (χ0v) is 14.0. The van der Waals surface area contributed by atoms with E-state index in [1.807, 2.05) is 6.07 Å². The molecule has 1 heterocycles. The fourth-order valence-electron chi connectivity index (χ4n) is 1.96. The molecule has 0 bridgehead atoms. The molecule has 1 aromatic carbocycles. The van der Waals surface area contributed by atoms with Crippen LogP contribution in [0.4, 0.5) is 5.69 Å². The van der Waals surface area contributed by atoms with Crippen LogP contribution in [0.15, 0.2) is 22.8 Å². The first-order chi connectivity index (χ1) is 10.4. The van der Waals surface area contributed by atoms with Gasteiger partial charge >= 0.3 is 5.97 Å². The van der Waals surface area contributed by atoms with Crippen molar-refractivity contribution in [2.45, 2.75) is 0 Å². The van der Waals surface area contributed by atoms with Crippen LogP contribution in [0.5, 0.6) is 5.75 Å². The van der Waals surface area contributed by atoms with E-state index >= 15 is 0 Å². The van der Waals surface area contributed by atoms with Crippen molar-refractivity contribution in [3.8, 4) is 17.5 Å². The molecule has 0 unspecified atom stereocenters. The van der Waals surface area contributed by atoms with Crippen molar-refractivity contribution >= 4 is 39.2 Å². The summed E-state index contributed by atoms with van der Waals surface area (Å²) in [6.07, 6.45) is 1.43. The van der Waals surface area contributed by atoms with Crippen molar-refractivity contribution in [2.75, 3.05) is 20.0 Å². The van der Waals surface area contributed by atoms with E-state index in [1.54, 1.807) is 12.1 Å². The molecule has 2 N–H and O–H groups in total. The van der Waals surface area contributed by atoms with Gasteiger partial charge in [0.25, 0.3) is 0 Å². The Morgan fingerprint density at radius 2 is 2.14 bits per heavy atom. The van der Waals surface area contributed by atoms with Crippen molar-refractivity contribution in [1.82, 2.24) is 4.57 Å². The molecule has 0 spiro atoms. The number of methoxy groups -OCH3 is 2. The van der Waals surface area contributed by atoms with Gasteiger partial charge in [0.2, 0.25) is 0 Å². The highest BCUT2D eigenvalue weighted by molar-refractivity contribution is 9.10. The standard InChI is InChI=1S/C14H11BrClN3O3/c1-21-11-4-10(9(16)3-8(11)15)19-6-7(5-17)12(18)13(19)14(20)22-2/h3-4,6H,18H2,1-2H3. The third kappa shape index (κ3) is 2.63. The molecule has 0 radical (unpaired) electrons. The van der Waals surface area contributed by atoms with Gasteiger partial charge in [0.15, 0.2) is 5.69 Å². The molecule has 22 heavy (non-hydrogen) atoms. The smallest absolute Gasteiger partial charge is 0.357 e. The maximum atomic E-state index is 12.0. The molecule has 2 aromatic rings. The van der Waals surface area contributed by atoms with Gasteiger partial charge in [-0.3, -0.25) is 0 Å². The van der Waals surface area contributed by atoms with Crippen LogP contribution in [0, 0.1) is 11.3 Å². The normalized spacial score (nSPS) is 10.1. The highest BCUT2D eigenvalue weighted by Gasteiger charge is 2.23. The van der Waals surface area contributed by atoms with Crippen LogP contribution < -0.4 is 10.5 Å². The van der Waals surface area contributed by atoms with Crippen molar-refractivity contribution in [2.24, 2.45) is 0 Å². The average molecular weight is 385 g/mol. The summed E-state index contributed by atoms with van der Waals surface area (Å²) < 4.78 is 12.0. The first-order valence-electron chi connectivity index (χ1n) is 5.97. The van der Waals surface area contributed by atoms with Gasteiger partial charge in [-0.15, -0.1) is 0 Å². The van der Waals surface area contributed by atoms with Crippen molar-refractivity contribution in [3.05, 3.63) is 39.1 Å². The Balaban J connectivity index is 2.78. The molecule has 1 aromatic heterocycles. The topological polar surface area (TPSA) is 90.3 Å². The number of rotatable bonds is 3. The summed E-state index contributed by atoms with van der Waals surface area (Å²) in [5, 5.41) is 9.46. The van der Waals surface area contributed by atoms with Crippen molar-refractivity contribution in [1.29, 1.82) is 5.26 Å². The Kier molecular flexibility index (Phi) is 4.64. The number of halogens is 2. The lowest BCUT2D eigenvalue weighted by atomic mass is 10.2. The molecule has 2 rings (SSSR count). The van der Waals surface area contributed by atoms with Crippen LogP contribution in [0.2, 0.25) is 5.02 Å². The summed E-state index contributed by atoms with van der Waals surface area (Å²) in [6.45, 7) is 0. The van der Waals surface area contributed by atoms with Gasteiger partial charge in [-0.05, 0) is 22.0 Å². The minimum Gasteiger partial charge on any atom is -0.495 e. The molecule has 0 aliphatic rings. The number of nitriles is 1. The van der Waals surface area contributed by atoms with Gasteiger partial charge in [0.1, 0.15) is 11.8 Å². The number of hydrogen-bond acceptors (Lipinski definition) is 5. The molecule has 0 amide bonds. The lowest BCUT2D eigenvalue weighted by molar-refractivity contribution is 0.0593. The highest BCUT2D eigenvalue weighted by atomic mass is 79.9. The Morgan fingerprint density at radius 1 is 1.45 bits per heavy atom. The second-order valence-electron chi connectivity index (χ2n) is 4.22. The number of carbonyl (C=O) groups is 1. The summed E-state index contributed by atoms with van der Waals surface area (Å²) in [4.78, 5) is 12.0. The Bertz CT molecular complexity index is 796. The van der Waals surface area contributed by atoms with Crippen LogP contribution >= 0.6 is 27.5 Å². The predicted molar refractivity (Wildman–Crippen MR) is 85.5 cm³/mol. The van der Waals surface area contributed by atoms with Gasteiger partial charge in [-0.1, -0.05) is 11.6 Å². The lowest BCUT2D eigenvalue weighted by Crippen LogP contribution is -2.11. The van der Waals surface area contributed by atoms with E-state index in [2.05, 4.69) is 15.9 Å². The maximum Gasteiger partial charge on any atom is 0.357 e. The van der Waals surface area contributed by atoms with Gasteiger partial charge in [0, 0.05) is 12.3 Å². The molecule has 6 nitrogen and oxygen atoms in total. The van der Waals surface area contributed by atoms with E-state index in [9.17, 15) is 4.79 Å². The highest BCUT2D eigenvalue weighted by Crippen LogP contribution is 2.35. The third-order valence-electron chi connectivity index (χ3n) is 3.02. The molecular formula is C14H11BrClN3O3. The largest absolute Gasteiger partial charge is 0.495 e. The molecule has 8 heteroatoms. The summed E-state index contributed by atoms with van der Waals surface area (Å²) in [5.41, 5.74) is 6.51. The van der Waals surface area contributed by atoms with Crippen LogP contribution in [0.3, 0.4) is 0 Å². The van der Waals surface area contributed by atoms with Crippen LogP contribution in [0.25, 0.3) is 5.69 Å². The third-order valence-corrected chi connectivity index (χ3v) is 3.95. The number of nitrogen functional groups attached to an aromatic ring is 1.